The Morgan fingerprint density at radius 2 is 0.950 bits per heavy atom. The van der Waals surface area contributed by atoms with Gasteiger partial charge in [-0.3, -0.25) is 0 Å². The fourth-order valence-electron chi connectivity index (χ4n) is 0.482. The summed E-state index contributed by atoms with van der Waals surface area (Å²) in [5, 5.41) is 36.3. The van der Waals surface area contributed by atoms with Gasteiger partial charge in [0.1, 0.15) is 0 Å². The maximum atomic E-state index is 9.76. The van der Waals surface area contributed by atoms with Gasteiger partial charge in [-0.25, -0.2) is 0 Å². The summed E-state index contributed by atoms with van der Waals surface area (Å²) in [6.07, 6.45) is -1.24. The van der Waals surface area contributed by atoms with Gasteiger partial charge >= 0.3 is 22.4 Å². The topological polar surface area (TPSA) is 197 Å². The maximum absolute atomic E-state index is 9.76. The maximum Gasteiger partial charge on any atom is 3.00 e. The van der Waals surface area contributed by atoms with Crippen molar-refractivity contribution in [3.05, 3.63) is 0 Å². The van der Waals surface area contributed by atoms with E-state index in [0.29, 0.717) is 0 Å². The summed E-state index contributed by atoms with van der Waals surface area (Å²) in [4.78, 5) is 38.8. The molecule has 0 amide bonds. The van der Waals surface area contributed by atoms with Gasteiger partial charge in [-0.1, -0.05) is 0 Å². The van der Waals surface area contributed by atoms with Gasteiger partial charge in [-0.2, -0.15) is 25.3 Å². The first kappa shape index (κ1) is 27.6. The number of aliphatic carboxylic acids is 4. The van der Waals surface area contributed by atoms with E-state index in [4.69, 9.17) is 0 Å². The first-order chi connectivity index (χ1) is 8.07. The zero-order valence-electron chi connectivity index (χ0n) is 10.0. The zero-order chi connectivity index (χ0) is 14.9. The van der Waals surface area contributed by atoms with Crippen LogP contribution in [-0.2, 0) is 41.6 Å². The second-order valence-corrected chi connectivity index (χ2v) is 4.07. The largest absolute Gasteiger partial charge is 3.00 e. The Bertz CT molecular complexity index is 308. The van der Waals surface area contributed by atoms with Gasteiger partial charge < -0.3 is 45.8 Å². The van der Waals surface area contributed by atoms with Crippen molar-refractivity contribution in [1.82, 2.24) is 6.15 Å². The van der Waals surface area contributed by atoms with Crippen LogP contribution in [0.25, 0.3) is 0 Å². The van der Waals surface area contributed by atoms with Crippen molar-refractivity contribution < 1.29 is 62.0 Å². The Kier molecular flexibility index (Phi) is 20.3. The molecule has 20 heavy (non-hydrogen) atoms. The second-order valence-electron chi connectivity index (χ2n) is 2.82. The van der Waals surface area contributed by atoms with Crippen LogP contribution in [0.2, 0.25) is 0 Å². The monoisotopic (exact) mass is 511 g/mol. The predicted molar refractivity (Wildman–Crippen MR) is 60.8 cm³/mol. The molecule has 0 aromatic heterocycles. The van der Waals surface area contributed by atoms with Gasteiger partial charge in [0, 0.05) is 35.3 Å². The summed E-state index contributed by atoms with van der Waals surface area (Å²) >= 11 is 6.76. The summed E-state index contributed by atoms with van der Waals surface area (Å²) < 4.78 is 0. The number of carbonyl (C=O) groups is 4. The molecule has 0 fully saturated rings. The summed E-state index contributed by atoms with van der Waals surface area (Å²) in [5.74, 6) is -5.89. The van der Waals surface area contributed by atoms with E-state index in [1.165, 1.54) is 0 Å². The molecule has 9 nitrogen and oxygen atoms in total. The molecule has 0 aliphatic heterocycles. The van der Waals surface area contributed by atoms with Crippen LogP contribution in [0.5, 0.6) is 0 Å². The third-order valence-corrected chi connectivity index (χ3v) is 2.05. The number of carbonyl (C=O) groups excluding carboxylic acids is 4. The minimum Gasteiger partial charge on any atom is -0.550 e. The van der Waals surface area contributed by atoms with Crippen LogP contribution in [0.4, 0.5) is 0 Å². The van der Waals surface area contributed by atoms with Crippen molar-refractivity contribution in [2.75, 3.05) is 0 Å². The van der Waals surface area contributed by atoms with E-state index in [-0.39, 0.29) is 28.5 Å². The predicted octanol–water partition coefficient (Wildman–Crippen LogP) is -5.28. The second kappa shape index (κ2) is 14.7. The third-order valence-electron chi connectivity index (χ3n) is 1.26. The molecule has 0 aromatic carbocycles. The molecule has 0 heterocycles. The summed E-state index contributed by atoms with van der Waals surface area (Å²) in [7, 11) is 0. The Labute approximate surface area is 140 Å². The zero-order valence-corrected chi connectivity index (χ0v) is 14.0. The summed E-state index contributed by atoms with van der Waals surface area (Å²) in [5.41, 5.74) is 0. The fraction of sp³-hybridized carbons (Fsp3) is 0.500. The van der Waals surface area contributed by atoms with Gasteiger partial charge in [-0.15, -0.1) is 0 Å². The van der Waals surface area contributed by atoms with Crippen molar-refractivity contribution in [2.45, 2.75) is 23.3 Å². The minimum absolute atomic E-state index is 0. The van der Waals surface area contributed by atoms with Gasteiger partial charge in [0.25, 0.3) is 0 Å². The first-order valence-electron chi connectivity index (χ1n) is 4.25. The van der Waals surface area contributed by atoms with Crippen molar-refractivity contribution >= 4 is 49.1 Å². The Hall–Kier alpha value is -0.720. The molecule has 0 aliphatic rings. The molecule has 2 unspecified atom stereocenters. The van der Waals surface area contributed by atoms with E-state index >= 15 is 0 Å². The molecule has 0 aromatic rings. The molecule has 0 spiro atoms. The van der Waals surface area contributed by atoms with Crippen molar-refractivity contribution in [1.29, 1.82) is 0 Å². The van der Waals surface area contributed by atoms with Gasteiger partial charge in [-0.05, 0) is 0 Å². The Morgan fingerprint density at radius 1 is 0.750 bits per heavy atom. The van der Waals surface area contributed by atoms with Crippen LogP contribution < -0.4 is 26.6 Å². The number of carboxylic acids is 4. The van der Waals surface area contributed by atoms with E-state index < -0.39 is 47.2 Å². The standard InChI is InChI=1S/2C4H6O4S.Au.H3N/c2*5-3(6)1-2(9)4(7)8;;/h2*2,9H,1H2,(H,5,6)(H,7,8);;1H3/q;;+3;/p-3. The Morgan fingerprint density at radius 3 is 1.00 bits per heavy atom. The van der Waals surface area contributed by atoms with Gasteiger partial charge in [0.05, 0.1) is 11.9 Å². The van der Waals surface area contributed by atoms with E-state index in [0.717, 1.165) is 0 Å². The number of hydrogen-bond acceptors (Lipinski definition) is 10. The average molecular weight is 511 g/mol. The van der Waals surface area contributed by atoms with Crippen molar-refractivity contribution in [3.63, 3.8) is 0 Å². The van der Waals surface area contributed by atoms with Crippen LogP contribution in [-0.4, -0.2) is 34.4 Å². The number of hydrogen-bond donors (Lipinski definition) is 3. The third kappa shape index (κ3) is 19.6. The average Bonchev–Trinajstić information content (AvgIpc) is 2.16. The first-order valence-corrected chi connectivity index (χ1v) is 5.28. The van der Waals surface area contributed by atoms with Crippen LogP contribution in [0.3, 0.4) is 0 Å². The normalized spacial score (nSPS) is 11.3. The van der Waals surface area contributed by atoms with Crippen LogP contribution >= 0.6 is 25.3 Å². The number of thiol groups is 2. The smallest absolute Gasteiger partial charge is 0.550 e. The Balaban J connectivity index is -0.000000116. The van der Waals surface area contributed by atoms with Crippen molar-refractivity contribution in [3.8, 4) is 0 Å². The van der Waals surface area contributed by atoms with E-state index in [9.17, 15) is 39.6 Å². The molecule has 4 N–H and O–H groups in total. The molecule has 0 radical (unpaired) electrons. The van der Waals surface area contributed by atoms with Gasteiger partial charge in [0.2, 0.25) is 0 Å². The van der Waals surface area contributed by atoms with Crippen molar-refractivity contribution in [2.24, 2.45) is 0 Å². The summed E-state index contributed by atoms with van der Waals surface area (Å²) in [6.45, 7) is 0. The number of rotatable bonds is 6. The van der Waals surface area contributed by atoms with Gasteiger partial charge in [0.15, 0.2) is 0 Å². The molecule has 0 aliphatic carbocycles. The molecular formula is C8H12AuNO8S2. The molecule has 0 bridgehead atoms. The van der Waals surface area contributed by atoms with E-state index in [1.807, 2.05) is 0 Å². The molecule has 0 saturated carbocycles. The van der Waals surface area contributed by atoms with Crippen LogP contribution in [0.15, 0.2) is 0 Å². The van der Waals surface area contributed by atoms with E-state index in [2.05, 4.69) is 25.3 Å². The minimum atomic E-state index is -1.50. The molecule has 0 saturated heterocycles. The molecule has 120 valence electrons. The molecule has 2 atom stereocenters. The fourth-order valence-corrected chi connectivity index (χ4v) is 0.781. The quantitative estimate of drug-likeness (QED) is 0.232. The molecule has 12 heteroatoms. The SMILES string of the molecule is O=C([O-])CC(S)C(=O)[O-].O=C([O-])CC(S)C(=O)[O-].[Au+3].[NH4+]. The molecular weight excluding hydrogens is 499 g/mol. The van der Waals surface area contributed by atoms with Crippen LogP contribution in [0.1, 0.15) is 12.8 Å². The number of carboxylic acid groups (broad SMARTS) is 4. The molecule has 0 rings (SSSR count). The summed E-state index contributed by atoms with van der Waals surface area (Å²) in [6, 6.07) is 0. The van der Waals surface area contributed by atoms with Crippen LogP contribution in [0, 0.1) is 0 Å². The van der Waals surface area contributed by atoms with E-state index in [1.54, 1.807) is 0 Å². The number of quaternary nitrogens is 1.